The maximum absolute atomic E-state index is 13.4. The quantitative estimate of drug-likeness (QED) is 0.464. The van der Waals surface area contributed by atoms with Crippen molar-refractivity contribution in [1.82, 2.24) is 5.32 Å². The largest absolute Gasteiger partial charge is 0.497 e. The van der Waals surface area contributed by atoms with Gasteiger partial charge in [0.1, 0.15) is 18.0 Å². The minimum Gasteiger partial charge on any atom is -0.497 e. The molecular formula is C25H28N2O5S. The van der Waals surface area contributed by atoms with Crippen molar-refractivity contribution in [3.05, 3.63) is 84.4 Å². The Bertz CT molecular complexity index is 1130. The number of nitrogens with one attached hydrogen (secondary N) is 1. The summed E-state index contributed by atoms with van der Waals surface area (Å²) in [7, 11) is -2.36. The van der Waals surface area contributed by atoms with Gasteiger partial charge in [0, 0.05) is 6.54 Å². The predicted molar refractivity (Wildman–Crippen MR) is 128 cm³/mol. The second-order valence-corrected chi connectivity index (χ2v) is 9.06. The van der Waals surface area contributed by atoms with Gasteiger partial charge in [-0.15, -0.1) is 0 Å². The summed E-state index contributed by atoms with van der Waals surface area (Å²) in [5.41, 5.74) is 1.45. The Morgan fingerprint density at radius 3 is 2.15 bits per heavy atom. The molecule has 0 spiro atoms. The first-order chi connectivity index (χ1) is 15.9. The van der Waals surface area contributed by atoms with Crippen molar-refractivity contribution in [2.45, 2.75) is 18.2 Å². The molecule has 0 aliphatic heterocycles. The fourth-order valence-corrected chi connectivity index (χ4v) is 4.66. The first-order valence-electron chi connectivity index (χ1n) is 10.6. The summed E-state index contributed by atoms with van der Waals surface area (Å²) in [6.07, 6.45) is 0.618. The summed E-state index contributed by atoms with van der Waals surface area (Å²) in [5.74, 6) is 0.960. The fraction of sp³-hybridized carbons (Fsp3) is 0.240. The van der Waals surface area contributed by atoms with Gasteiger partial charge in [-0.3, -0.25) is 9.10 Å². The lowest BCUT2D eigenvalue weighted by Gasteiger charge is -2.24. The van der Waals surface area contributed by atoms with Crippen molar-refractivity contribution in [3.8, 4) is 11.5 Å². The second kappa shape index (κ2) is 11.4. The highest BCUT2D eigenvalue weighted by Gasteiger charge is 2.27. The number of nitrogens with zero attached hydrogens (tertiary/aromatic N) is 1. The standard InChI is InChI=1S/C25H28N2O5S/c1-3-32-23-13-15-24(16-14-23)33(29,30)27(21-7-5-4-6-8-21)19-25(28)26-18-17-20-9-11-22(31-2)12-10-20/h4-16H,3,17-19H2,1-2H3,(H,26,28). The third-order valence-corrected chi connectivity index (χ3v) is 6.74. The van der Waals surface area contributed by atoms with Crippen molar-refractivity contribution in [1.29, 1.82) is 0 Å². The van der Waals surface area contributed by atoms with Gasteiger partial charge in [0.25, 0.3) is 10.0 Å². The number of para-hydroxylation sites is 1. The van der Waals surface area contributed by atoms with Gasteiger partial charge in [-0.2, -0.15) is 0 Å². The zero-order valence-corrected chi connectivity index (χ0v) is 19.5. The number of ether oxygens (including phenoxy) is 2. The summed E-state index contributed by atoms with van der Waals surface area (Å²) in [4.78, 5) is 12.8. The fourth-order valence-electron chi connectivity index (χ4n) is 3.24. The van der Waals surface area contributed by atoms with Crippen LogP contribution >= 0.6 is 0 Å². The normalized spacial score (nSPS) is 11.0. The van der Waals surface area contributed by atoms with Crippen LogP contribution in [0.15, 0.2) is 83.8 Å². The van der Waals surface area contributed by atoms with Gasteiger partial charge < -0.3 is 14.8 Å². The molecule has 0 aliphatic carbocycles. The summed E-state index contributed by atoms with van der Waals surface area (Å²) in [5, 5.41) is 2.81. The SMILES string of the molecule is CCOc1ccc(S(=O)(=O)N(CC(=O)NCCc2ccc(OC)cc2)c2ccccc2)cc1. The van der Waals surface area contributed by atoms with Crippen molar-refractivity contribution in [2.75, 3.05) is 31.1 Å². The van der Waals surface area contributed by atoms with Gasteiger partial charge in [0.05, 0.1) is 24.3 Å². The number of hydrogen-bond acceptors (Lipinski definition) is 5. The van der Waals surface area contributed by atoms with Crippen molar-refractivity contribution >= 4 is 21.6 Å². The number of amides is 1. The molecule has 0 saturated heterocycles. The van der Waals surface area contributed by atoms with Crippen LogP contribution in [0.1, 0.15) is 12.5 Å². The average molecular weight is 469 g/mol. The maximum atomic E-state index is 13.4. The smallest absolute Gasteiger partial charge is 0.264 e. The van der Waals surface area contributed by atoms with E-state index in [0.717, 1.165) is 15.6 Å². The molecule has 0 bridgehead atoms. The summed E-state index contributed by atoms with van der Waals surface area (Å²) in [6, 6.07) is 22.3. The van der Waals surface area contributed by atoms with Gasteiger partial charge in [0.15, 0.2) is 0 Å². The molecule has 0 radical (unpaired) electrons. The van der Waals surface area contributed by atoms with Crippen LogP contribution in [0, 0.1) is 0 Å². The molecule has 174 valence electrons. The van der Waals surface area contributed by atoms with Crippen molar-refractivity contribution in [2.24, 2.45) is 0 Å². The van der Waals surface area contributed by atoms with E-state index in [4.69, 9.17) is 9.47 Å². The van der Waals surface area contributed by atoms with Crippen LogP contribution < -0.4 is 19.1 Å². The van der Waals surface area contributed by atoms with Crippen LogP contribution in [0.4, 0.5) is 5.69 Å². The Kier molecular flexibility index (Phi) is 8.32. The van der Waals surface area contributed by atoms with Gasteiger partial charge in [-0.25, -0.2) is 8.42 Å². The monoisotopic (exact) mass is 468 g/mol. The van der Waals surface area contributed by atoms with E-state index in [1.54, 1.807) is 49.6 Å². The van der Waals surface area contributed by atoms with Crippen LogP contribution in [0.2, 0.25) is 0 Å². The molecule has 1 N–H and O–H groups in total. The van der Waals surface area contributed by atoms with E-state index < -0.39 is 10.0 Å². The van der Waals surface area contributed by atoms with E-state index in [2.05, 4.69) is 5.32 Å². The van der Waals surface area contributed by atoms with Gasteiger partial charge in [-0.05, 0) is 67.4 Å². The Hall–Kier alpha value is -3.52. The molecule has 0 saturated carbocycles. The number of carbonyl (C=O) groups excluding carboxylic acids is 1. The molecule has 0 fully saturated rings. The minimum atomic E-state index is -3.96. The molecular weight excluding hydrogens is 440 g/mol. The minimum absolute atomic E-state index is 0.0841. The summed E-state index contributed by atoms with van der Waals surface area (Å²) < 4.78 is 38.4. The highest BCUT2D eigenvalue weighted by Crippen LogP contribution is 2.25. The Balaban J connectivity index is 1.71. The van der Waals surface area contributed by atoms with Crippen LogP contribution in [0.25, 0.3) is 0 Å². The first kappa shape index (κ1) is 24.1. The molecule has 33 heavy (non-hydrogen) atoms. The third-order valence-electron chi connectivity index (χ3n) is 4.95. The van der Waals surface area contributed by atoms with Crippen LogP contribution in [0.5, 0.6) is 11.5 Å². The number of hydrogen-bond donors (Lipinski definition) is 1. The van der Waals surface area contributed by atoms with Crippen LogP contribution in [0.3, 0.4) is 0 Å². The summed E-state index contributed by atoms with van der Waals surface area (Å²) >= 11 is 0. The Labute approximate surface area is 195 Å². The Morgan fingerprint density at radius 1 is 0.909 bits per heavy atom. The third kappa shape index (κ3) is 6.49. The molecule has 0 aliphatic rings. The molecule has 3 aromatic carbocycles. The molecule has 0 unspecified atom stereocenters. The lowest BCUT2D eigenvalue weighted by atomic mass is 10.1. The average Bonchev–Trinajstić information content (AvgIpc) is 2.84. The van der Waals surface area contributed by atoms with Gasteiger partial charge >= 0.3 is 0 Å². The number of sulfonamides is 1. The number of anilines is 1. The molecule has 3 rings (SSSR count). The van der Waals surface area contributed by atoms with Gasteiger partial charge in [-0.1, -0.05) is 30.3 Å². The van der Waals surface area contributed by atoms with Crippen LogP contribution in [-0.4, -0.2) is 41.1 Å². The number of benzene rings is 3. The van der Waals surface area contributed by atoms with E-state index in [1.807, 2.05) is 31.2 Å². The van der Waals surface area contributed by atoms with Gasteiger partial charge in [0.2, 0.25) is 5.91 Å². The van der Waals surface area contributed by atoms with Crippen molar-refractivity contribution in [3.63, 3.8) is 0 Å². The number of carbonyl (C=O) groups is 1. The van der Waals surface area contributed by atoms with Crippen LogP contribution in [-0.2, 0) is 21.2 Å². The molecule has 0 atom stereocenters. The maximum Gasteiger partial charge on any atom is 0.264 e. The van der Waals surface area contributed by atoms with E-state index in [1.165, 1.54) is 12.1 Å². The highest BCUT2D eigenvalue weighted by molar-refractivity contribution is 7.92. The lowest BCUT2D eigenvalue weighted by molar-refractivity contribution is -0.119. The van der Waals surface area contributed by atoms with E-state index in [9.17, 15) is 13.2 Å². The highest BCUT2D eigenvalue weighted by atomic mass is 32.2. The topological polar surface area (TPSA) is 84.9 Å². The van der Waals surface area contributed by atoms with E-state index >= 15 is 0 Å². The zero-order chi connectivity index (χ0) is 23.7. The van der Waals surface area contributed by atoms with E-state index in [0.29, 0.717) is 31.0 Å². The molecule has 0 heterocycles. The first-order valence-corrected chi connectivity index (χ1v) is 12.1. The summed E-state index contributed by atoms with van der Waals surface area (Å²) in [6.45, 7) is 2.40. The van der Waals surface area contributed by atoms with E-state index in [-0.39, 0.29) is 17.3 Å². The molecule has 8 heteroatoms. The van der Waals surface area contributed by atoms with Crippen molar-refractivity contribution < 1.29 is 22.7 Å². The predicted octanol–water partition coefficient (Wildman–Crippen LogP) is 3.65. The molecule has 3 aromatic rings. The molecule has 1 amide bonds. The molecule has 7 nitrogen and oxygen atoms in total. The number of methoxy groups -OCH3 is 1. The second-order valence-electron chi connectivity index (χ2n) is 7.20. The zero-order valence-electron chi connectivity index (χ0n) is 18.7. The lowest BCUT2D eigenvalue weighted by Crippen LogP contribution is -2.41. The number of rotatable bonds is 11. The Morgan fingerprint density at radius 2 is 1.55 bits per heavy atom. The molecule has 0 aromatic heterocycles.